The lowest BCUT2D eigenvalue weighted by Crippen LogP contribution is -2.30. The Kier molecular flexibility index (Phi) is 5.55. The second kappa shape index (κ2) is 7.85. The molecule has 1 aliphatic rings. The maximum atomic E-state index is 11.5. The first kappa shape index (κ1) is 18.4. The summed E-state index contributed by atoms with van der Waals surface area (Å²) in [5, 5.41) is 15.6. The molecule has 1 unspecified atom stereocenters. The molecule has 4 N–H and O–H groups in total. The van der Waals surface area contributed by atoms with Crippen LogP contribution in [0, 0.1) is 0 Å². The van der Waals surface area contributed by atoms with Crippen LogP contribution in [0.5, 0.6) is 0 Å². The van der Waals surface area contributed by atoms with Gasteiger partial charge in [0.15, 0.2) is 0 Å². The summed E-state index contributed by atoms with van der Waals surface area (Å²) in [5.41, 5.74) is 12.8. The summed E-state index contributed by atoms with van der Waals surface area (Å²) >= 11 is 0. The summed E-state index contributed by atoms with van der Waals surface area (Å²) in [4.78, 5) is 0. The number of benzene rings is 2. The third-order valence-electron chi connectivity index (χ3n) is 4.97. The predicted octanol–water partition coefficient (Wildman–Crippen LogP) is 3.37. The maximum Gasteiger partial charge on any atom is 0.116 e. The van der Waals surface area contributed by atoms with Gasteiger partial charge in [0.1, 0.15) is 5.60 Å². The Morgan fingerprint density at radius 2 is 1.69 bits per heavy atom. The molecule has 0 spiro atoms. The first-order valence-electron chi connectivity index (χ1n) is 9.14. The standard InChI is InChI=1S/C22H27N3O/c1-16(2)17-3-7-20(8-4-17)22(26,12-13-23)21-9-5-18(6-10-21)19-11-14-24-25-15-19/h3-11,15-16,24,26H,12-14,23H2,1-2H3. The van der Waals surface area contributed by atoms with Gasteiger partial charge in [0.2, 0.25) is 0 Å². The molecule has 2 aromatic carbocycles. The van der Waals surface area contributed by atoms with Gasteiger partial charge in [-0.1, -0.05) is 68.5 Å². The van der Waals surface area contributed by atoms with Gasteiger partial charge in [-0.25, -0.2) is 0 Å². The Hall–Kier alpha value is -2.43. The molecule has 1 aliphatic heterocycles. The van der Waals surface area contributed by atoms with Crippen molar-refractivity contribution in [2.75, 3.05) is 13.1 Å². The van der Waals surface area contributed by atoms with Gasteiger partial charge < -0.3 is 16.3 Å². The van der Waals surface area contributed by atoms with E-state index in [0.717, 1.165) is 28.8 Å². The molecule has 2 aromatic rings. The van der Waals surface area contributed by atoms with E-state index >= 15 is 0 Å². The fourth-order valence-corrected chi connectivity index (χ4v) is 3.31. The second-order valence-corrected chi connectivity index (χ2v) is 7.03. The van der Waals surface area contributed by atoms with E-state index in [4.69, 9.17) is 5.73 Å². The quantitative estimate of drug-likeness (QED) is 0.749. The normalized spacial score (nSPS) is 16.1. The van der Waals surface area contributed by atoms with Crippen molar-refractivity contribution in [3.63, 3.8) is 0 Å². The Bertz CT molecular complexity index is 791. The largest absolute Gasteiger partial charge is 0.380 e. The minimum absolute atomic E-state index is 0.410. The SMILES string of the molecule is CC(C)c1ccc(C(O)(CCN)c2ccc(C3=CCNN=C3)cc2)cc1. The Morgan fingerprint density at radius 1 is 1.08 bits per heavy atom. The summed E-state index contributed by atoms with van der Waals surface area (Å²) in [7, 11) is 0. The van der Waals surface area contributed by atoms with E-state index < -0.39 is 5.60 Å². The highest BCUT2D eigenvalue weighted by Gasteiger charge is 2.30. The molecule has 0 radical (unpaired) electrons. The zero-order chi connectivity index (χ0) is 18.6. The van der Waals surface area contributed by atoms with Crippen molar-refractivity contribution in [2.24, 2.45) is 10.8 Å². The average molecular weight is 349 g/mol. The van der Waals surface area contributed by atoms with Gasteiger partial charge in [0.05, 0.1) is 12.8 Å². The molecular weight excluding hydrogens is 322 g/mol. The summed E-state index contributed by atoms with van der Waals surface area (Å²) in [6.07, 6.45) is 4.38. The third kappa shape index (κ3) is 3.71. The molecule has 1 atom stereocenters. The first-order valence-corrected chi connectivity index (χ1v) is 9.14. The first-order chi connectivity index (χ1) is 12.5. The number of aliphatic hydroxyl groups is 1. The molecule has 0 saturated carbocycles. The zero-order valence-electron chi connectivity index (χ0n) is 15.4. The van der Waals surface area contributed by atoms with E-state index in [2.05, 4.69) is 42.6 Å². The van der Waals surface area contributed by atoms with Crippen LogP contribution in [0.25, 0.3) is 5.57 Å². The Morgan fingerprint density at radius 3 is 2.19 bits per heavy atom. The number of hydrogen-bond acceptors (Lipinski definition) is 4. The van der Waals surface area contributed by atoms with E-state index in [1.54, 1.807) is 0 Å². The maximum absolute atomic E-state index is 11.5. The topological polar surface area (TPSA) is 70.6 Å². The second-order valence-electron chi connectivity index (χ2n) is 7.03. The van der Waals surface area contributed by atoms with Crippen LogP contribution in [-0.2, 0) is 5.60 Å². The highest BCUT2D eigenvalue weighted by molar-refractivity contribution is 6.10. The van der Waals surface area contributed by atoms with Crippen LogP contribution in [0.4, 0.5) is 0 Å². The lowest BCUT2D eigenvalue weighted by atomic mass is 9.82. The molecule has 3 rings (SSSR count). The fourth-order valence-electron chi connectivity index (χ4n) is 3.31. The molecule has 0 saturated heterocycles. The molecule has 0 fully saturated rings. The highest BCUT2D eigenvalue weighted by Crippen LogP contribution is 2.34. The monoisotopic (exact) mass is 349 g/mol. The molecule has 0 aliphatic carbocycles. The van der Waals surface area contributed by atoms with Crippen LogP contribution in [-0.4, -0.2) is 24.4 Å². The minimum Gasteiger partial charge on any atom is -0.380 e. The molecule has 0 aromatic heterocycles. The highest BCUT2D eigenvalue weighted by atomic mass is 16.3. The minimum atomic E-state index is -1.08. The van der Waals surface area contributed by atoms with Crippen LogP contribution < -0.4 is 11.2 Å². The van der Waals surface area contributed by atoms with Crippen molar-refractivity contribution in [3.05, 3.63) is 76.9 Å². The van der Waals surface area contributed by atoms with Gasteiger partial charge in [-0.3, -0.25) is 0 Å². The zero-order valence-corrected chi connectivity index (χ0v) is 15.4. The summed E-state index contributed by atoms with van der Waals surface area (Å²) in [6.45, 7) is 5.47. The van der Waals surface area contributed by atoms with E-state index in [1.807, 2.05) is 42.6 Å². The van der Waals surface area contributed by atoms with Crippen molar-refractivity contribution in [2.45, 2.75) is 31.8 Å². The number of hydrogen-bond donors (Lipinski definition) is 3. The number of hydrazone groups is 1. The predicted molar refractivity (Wildman–Crippen MR) is 108 cm³/mol. The van der Waals surface area contributed by atoms with Gasteiger partial charge >= 0.3 is 0 Å². The van der Waals surface area contributed by atoms with Crippen molar-refractivity contribution in [1.82, 2.24) is 5.43 Å². The summed E-state index contributed by atoms with van der Waals surface area (Å²) in [5.74, 6) is 0.464. The van der Waals surface area contributed by atoms with E-state index in [0.29, 0.717) is 18.9 Å². The lowest BCUT2D eigenvalue weighted by molar-refractivity contribution is 0.0737. The van der Waals surface area contributed by atoms with Gasteiger partial charge in [-0.2, -0.15) is 5.10 Å². The number of allylic oxidation sites excluding steroid dienone is 1. The number of nitrogens with one attached hydrogen (secondary N) is 1. The van der Waals surface area contributed by atoms with Gasteiger partial charge in [0, 0.05) is 0 Å². The van der Waals surface area contributed by atoms with Crippen molar-refractivity contribution >= 4 is 11.8 Å². The Balaban J connectivity index is 1.93. The third-order valence-corrected chi connectivity index (χ3v) is 4.97. The van der Waals surface area contributed by atoms with Crippen LogP contribution in [0.15, 0.2) is 59.7 Å². The van der Waals surface area contributed by atoms with Gasteiger partial charge in [0.25, 0.3) is 0 Å². The molecule has 1 heterocycles. The average Bonchev–Trinajstić information content (AvgIpc) is 2.69. The summed E-state index contributed by atoms with van der Waals surface area (Å²) in [6, 6.07) is 16.2. The van der Waals surface area contributed by atoms with E-state index in [9.17, 15) is 5.11 Å². The Labute approximate surface area is 155 Å². The van der Waals surface area contributed by atoms with Crippen molar-refractivity contribution in [1.29, 1.82) is 0 Å². The van der Waals surface area contributed by atoms with Crippen molar-refractivity contribution < 1.29 is 5.11 Å². The molecule has 4 nitrogen and oxygen atoms in total. The van der Waals surface area contributed by atoms with Gasteiger partial charge in [-0.15, -0.1) is 0 Å². The summed E-state index contributed by atoms with van der Waals surface area (Å²) < 4.78 is 0. The molecule has 136 valence electrons. The van der Waals surface area contributed by atoms with Gasteiger partial charge in [-0.05, 0) is 46.7 Å². The molecule has 4 heteroatoms. The number of nitrogens with two attached hydrogens (primary N) is 1. The smallest absolute Gasteiger partial charge is 0.116 e. The van der Waals surface area contributed by atoms with Crippen LogP contribution in [0.2, 0.25) is 0 Å². The van der Waals surface area contributed by atoms with Crippen LogP contribution in [0.1, 0.15) is 48.4 Å². The van der Waals surface area contributed by atoms with Crippen LogP contribution in [0.3, 0.4) is 0 Å². The number of nitrogens with zero attached hydrogens (tertiary/aromatic N) is 1. The van der Waals surface area contributed by atoms with E-state index in [-0.39, 0.29) is 0 Å². The van der Waals surface area contributed by atoms with Crippen LogP contribution >= 0.6 is 0 Å². The molecule has 0 amide bonds. The van der Waals surface area contributed by atoms with Crippen molar-refractivity contribution in [3.8, 4) is 0 Å². The molecular formula is C22H27N3O. The molecule has 26 heavy (non-hydrogen) atoms. The van der Waals surface area contributed by atoms with E-state index in [1.165, 1.54) is 5.56 Å². The number of rotatable bonds is 6. The lowest BCUT2D eigenvalue weighted by Gasteiger charge is -2.29. The fraction of sp³-hybridized carbons (Fsp3) is 0.318. The molecule has 0 bridgehead atoms.